The third kappa shape index (κ3) is 3.76. The van der Waals surface area contributed by atoms with Gasteiger partial charge in [-0.3, -0.25) is 4.79 Å². The minimum absolute atomic E-state index is 0.201. The number of carbonyl (C=O) groups is 2. The van der Waals surface area contributed by atoms with Crippen LogP contribution in [0.3, 0.4) is 0 Å². The van der Waals surface area contributed by atoms with Crippen molar-refractivity contribution in [2.45, 2.75) is 25.3 Å². The Morgan fingerprint density at radius 3 is 2.12 bits per heavy atom. The number of hydrogen-bond acceptors (Lipinski definition) is 2. The first-order chi connectivity index (χ1) is 11.9. The van der Waals surface area contributed by atoms with Crippen LogP contribution >= 0.6 is 0 Å². The van der Waals surface area contributed by atoms with Gasteiger partial charge in [0.05, 0.1) is 16.9 Å². The summed E-state index contributed by atoms with van der Waals surface area (Å²) in [5.74, 6) is -2.34. The van der Waals surface area contributed by atoms with Gasteiger partial charge in [0.2, 0.25) is 5.91 Å². The minimum atomic E-state index is -0.925. The van der Waals surface area contributed by atoms with Gasteiger partial charge in [0, 0.05) is 13.0 Å². The van der Waals surface area contributed by atoms with Crippen LogP contribution in [0.1, 0.15) is 25.3 Å². The van der Waals surface area contributed by atoms with Crippen molar-refractivity contribution in [3.8, 4) is 0 Å². The predicted octanol–water partition coefficient (Wildman–Crippen LogP) is 3.73. The highest BCUT2D eigenvalue weighted by Crippen LogP contribution is 2.45. The van der Waals surface area contributed by atoms with Crippen LogP contribution in [0.5, 0.6) is 0 Å². The maximum Gasteiger partial charge on any atom is 0.320 e. The van der Waals surface area contributed by atoms with Crippen molar-refractivity contribution in [1.82, 2.24) is 5.32 Å². The van der Waals surface area contributed by atoms with Crippen LogP contribution in [0.2, 0.25) is 0 Å². The van der Waals surface area contributed by atoms with E-state index in [1.165, 1.54) is 6.92 Å². The van der Waals surface area contributed by atoms with Gasteiger partial charge in [0.1, 0.15) is 11.6 Å². The fourth-order valence-electron chi connectivity index (χ4n) is 2.67. The van der Waals surface area contributed by atoms with E-state index in [4.69, 9.17) is 0 Å². The molecule has 2 aromatic rings. The van der Waals surface area contributed by atoms with E-state index in [9.17, 15) is 18.4 Å². The first kappa shape index (κ1) is 16.9. The summed E-state index contributed by atoms with van der Waals surface area (Å²) >= 11 is 0. The number of halogens is 2. The summed E-state index contributed by atoms with van der Waals surface area (Å²) in [6.07, 6.45) is 1.57. The summed E-state index contributed by atoms with van der Waals surface area (Å²) in [5.41, 5.74) is 0.103. The molecule has 130 valence electrons. The number of urea groups is 1. The lowest BCUT2D eigenvalue weighted by molar-refractivity contribution is -0.114. The monoisotopic (exact) mass is 345 g/mol. The molecule has 1 aliphatic rings. The highest BCUT2D eigenvalue weighted by atomic mass is 19.1. The number of carbonyl (C=O) groups excluding carboxylic acids is 2. The van der Waals surface area contributed by atoms with Crippen LogP contribution in [0.4, 0.5) is 25.0 Å². The van der Waals surface area contributed by atoms with E-state index in [1.54, 1.807) is 0 Å². The minimum Gasteiger partial charge on any atom is -0.328 e. The highest BCUT2D eigenvalue weighted by Gasteiger charge is 2.45. The number of rotatable bonds is 4. The molecule has 7 heteroatoms. The van der Waals surface area contributed by atoms with Crippen LogP contribution in [-0.4, -0.2) is 11.9 Å². The average molecular weight is 345 g/mol. The Morgan fingerprint density at radius 1 is 0.960 bits per heavy atom. The number of hydrogen-bond donors (Lipinski definition) is 3. The van der Waals surface area contributed by atoms with Gasteiger partial charge in [-0.05, 0) is 24.5 Å². The second-order valence-electron chi connectivity index (χ2n) is 6.02. The molecule has 5 nitrogen and oxygen atoms in total. The van der Waals surface area contributed by atoms with Crippen molar-refractivity contribution in [2.24, 2.45) is 0 Å². The molecule has 0 spiro atoms. The van der Waals surface area contributed by atoms with E-state index in [0.29, 0.717) is 6.07 Å². The maximum absolute atomic E-state index is 13.9. The molecule has 0 bridgehead atoms. The fourth-order valence-corrected chi connectivity index (χ4v) is 2.67. The zero-order valence-electron chi connectivity index (χ0n) is 13.5. The van der Waals surface area contributed by atoms with Crippen LogP contribution < -0.4 is 16.0 Å². The summed E-state index contributed by atoms with van der Waals surface area (Å²) in [6.45, 7) is 1.21. The van der Waals surface area contributed by atoms with Crippen molar-refractivity contribution in [2.75, 3.05) is 10.6 Å². The van der Waals surface area contributed by atoms with Crippen LogP contribution in [-0.2, 0) is 10.3 Å². The fraction of sp³-hybridized carbons (Fsp3) is 0.222. The van der Waals surface area contributed by atoms with Crippen molar-refractivity contribution in [3.63, 3.8) is 0 Å². The Labute approximate surface area is 143 Å². The quantitative estimate of drug-likeness (QED) is 0.790. The van der Waals surface area contributed by atoms with Gasteiger partial charge in [-0.15, -0.1) is 0 Å². The van der Waals surface area contributed by atoms with Gasteiger partial charge < -0.3 is 16.0 Å². The first-order valence-corrected chi connectivity index (χ1v) is 7.81. The molecule has 0 heterocycles. The zero-order chi connectivity index (χ0) is 18.0. The number of amides is 3. The number of benzene rings is 2. The van der Waals surface area contributed by atoms with E-state index in [2.05, 4.69) is 16.0 Å². The largest absolute Gasteiger partial charge is 0.328 e. The third-order valence-electron chi connectivity index (χ3n) is 4.04. The SMILES string of the molecule is CC(=O)Nc1cc(NC(=O)NC2(c3ccccc3)CC2)c(F)cc1F. The average Bonchev–Trinajstić information content (AvgIpc) is 3.33. The van der Waals surface area contributed by atoms with Gasteiger partial charge in [-0.1, -0.05) is 30.3 Å². The molecule has 3 N–H and O–H groups in total. The molecule has 3 amide bonds. The molecule has 0 atom stereocenters. The highest BCUT2D eigenvalue weighted by molar-refractivity contribution is 5.93. The van der Waals surface area contributed by atoms with Gasteiger partial charge in [0.25, 0.3) is 0 Å². The Hall–Kier alpha value is -2.96. The Balaban J connectivity index is 1.74. The van der Waals surface area contributed by atoms with E-state index in [1.807, 2.05) is 30.3 Å². The molecular weight excluding hydrogens is 328 g/mol. The summed E-state index contributed by atoms with van der Waals surface area (Å²) in [4.78, 5) is 23.3. The first-order valence-electron chi connectivity index (χ1n) is 7.81. The maximum atomic E-state index is 13.9. The number of anilines is 2. The molecule has 3 rings (SSSR count). The molecule has 0 saturated heterocycles. The smallest absolute Gasteiger partial charge is 0.320 e. The molecule has 1 fully saturated rings. The normalized spacial score (nSPS) is 14.5. The molecular formula is C18H17F2N3O2. The Bertz CT molecular complexity index is 821. The van der Waals surface area contributed by atoms with Crippen LogP contribution in [0.25, 0.3) is 0 Å². The van der Waals surface area contributed by atoms with E-state index < -0.39 is 29.1 Å². The number of nitrogens with one attached hydrogen (secondary N) is 3. The van der Waals surface area contributed by atoms with Gasteiger partial charge in [-0.25, -0.2) is 13.6 Å². The topological polar surface area (TPSA) is 70.2 Å². The standard InChI is InChI=1S/C18H17F2N3O2/c1-11(24)21-15-10-16(14(20)9-13(15)19)22-17(25)23-18(7-8-18)12-5-3-2-4-6-12/h2-6,9-10H,7-8H2,1H3,(H,21,24)(H2,22,23,25). The summed E-state index contributed by atoms with van der Waals surface area (Å²) in [6, 6.07) is 10.6. The Morgan fingerprint density at radius 2 is 1.56 bits per heavy atom. The second-order valence-corrected chi connectivity index (χ2v) is 6.02. The van der Waals surface area contributed by atoms with E-state index in [0.717, 1.165) is 24.5 Å². The van der Waals surface area contributed by atoms with Crippen molar-refractivity contribution in [3.05, 3.63) is 59.7 Å². The van der Waals surface area contributed by atoms with Gasteiger partial charge >= 0.3 is 6.03 Å². The van der Waals surface area contributed by atoms with E-state index in [-0.39, 0.29) is 11.4 Å². The lowest BCUT2D eigenvalue weighted by Crippen LogP contribution is -2.38. The molecule has 0 aromatic heterocycles. The molecule has 0 aliphatic heterocycles. The Kier molecular flexibility index (Phi) is 4.39. The molecule has 1 saturated carbocycles. The summed E-state index contributed by atoms with van der Waals surface area (Å²) in [5, 5.41) is 7.46. The molecule has 0 unspecified atom stereocenters. The lowest BCUT2D eigenvalue weighted by Gasteiger charge is -2.19. The molecule has 25 heavy (non-hydrogen) atoms. The van der Waals surface area contributed by atoms with Gasteiger partial charge in [0.15, 0.2) is 0 Å². The van der Waals surface area contributed by atoms with E-state index >= 15 is 0 Å². The lowest BCUT2D eigenvalue weighted by atomic mass is 10.1. The molecule has 2 aromatic carbocycles. The summed E-state index contributed by atoms with van der Waals surface area (Å²) in [7, 11) is 0. The summed E-state index contributed by atoms with van der Waals surface area (Å²) < 4.78 is 27.6. The van der Waals surface area contributed by atoms with Crippen molar-refractivity contribution < 1.29 is 18.4 Å². The van der Waals surface area contributed by atoms with Crippen LogP contribution in [0.15, 0.2) is 42.5 Å². The molecule has 1 aliphatic carbocycles. The van der Waals surface area contributed by atoms with Crippen LogP contribution in [0, 0.1) is 11.6 Å². The second kappa shape index (κ2) is 6.51. The molecule has 0 radical (unpaired) electrons. The zero-order valence-corrected chi connectivity index (χ0v) is 13.5. The van der Waals surface area contributed by atoms with Crippen molar-refractivity contribution in [1.29, 1.82) is 0 Å². The third-order valence-corrected chi connectivity index (χ3v) is 4.04. The van der Waals surface area contributed by atoms with Crippen molar-refractivity contribution >= 4 is 23.3 Å². The van der Waals surface area contributed by atoms with Gasteiger partial charge in [-0.2, -0.15) is 0 Å². The predicted molar refractivity (Wildman–Crippen MR) is 90.2 cm³/mol.